The third-order valence-corrected chi connectivity index (χ3v) is 12.8. The zero-order valence-electron chi connectivity index (χ0n) is 17.6. The summed E-state index contributed by atoms with van der Waals surface area (Å²) < 4.78 is 32.0. The third-order valence-electron chi connectivity index (χ3n) is 5.22. The predicted octanol–water partition coefficient (Wildman–Crippen LogP) is 6.19. The molecule has 0 spiro atoms. The van der Waals surface area contributed by atoms with Gasteiger partial charge in [0.2, 0.25) is 8.32 Å². The molecule has 1 unspecified atom stereocenters. The number of hydrogen-bond acceptors (Lipinski definition) is 3. The van der Waals surface area contributed by atoms with Gasteiger partial charge in [-0.3, -0.25) is 0 Å². The van der Waals surface area contributed by atoms with E-state index in [1.807, 2.05) is 6.07 Å². The molecule has 5 heteroatoms. The highest BCUT2D eigenvalue weighted by Crippen LogP contribution is 2.43. The van der Waals surface area contributed by atoms with Crippen LogP contribution in [0, 0.1) is 5.92 Å². The maximum Gasteiger partial charge on any atom is 0.201 e. The van der Waals surface area contributed by atoms with Gasteiger partial charge in [0.1, 0.15) is 0 Å². The summed E-state index contributed by atoms with van der Waals surface area (Å²) in [5.74, 6) is 0.209. The van der Waals surface area contributed by atoms with Crippen LogP contribution in [0.3, 0.4) is 0 Å². The van der Waals surface area contributed by atoms with Gasteiger partial charge in [-0.05, 0) is 40.8 Å². The molecule has 0 N–H and O–H groups in total. The minimum atomic E-state index is -3.45. The average Bonchev–Trinajstić information content (AvgIpc) is 2.54. The summed E-state index contributed by atoms with van der Waals surface area (Å²) in [5, 5.41) is 1.33. The van der Waals surface area contributed by atoms with Crippen LogP contribution in [0.25, 0.3) is 0 Å². The number of rotatable bonds is 9. The first-order valence-corrected chi connectivity index (χ1v) is 13.3. The second-order valence-corrected chi connectivity index (χ2v) is 15.6. The minimum Gasteiger partial charge on any atom is -0.409 e. The fourth-order valence-corrected chi connectivity index (χ4v) is 10.6. The van der Waals surface area contributed by atoms with Crippen molar-refractivity contribution in [1.29, 1.82) is 0 Å². The molecule has 1 aromatic rings. The second-order valence-electron chi connectivity index (χ2n) is 8.33. The van der Waals surface area contributed by atoms with Crippen molar-refractivity contribution in [2.75, 3.05) is 0 Å². The maximum atomic E-state index is 12.6. The first kappa shape index (κ1) is 23.1. The minimum absolute atomic E-state index is 0.202. The van der Waals surface area contributed by atoms with Gasteiger partial charge < -0.3 is 4.43 Å². The van der Waals surface area contributed by atoms with E-state index < -0.39 is 18.2 Å². The molecule has 0 saturated heterocycles. The van der Waals surface area contributed by atoms with Gasteiger partial charge in [0.15, 0.2) is 9.84 Å². The molecule has 148 valence electrons. The van der Waals surface area contributed by atoms with Crippen LogP contribution in [-0.4, -0.2) is 22.8 Å². The molecule has 0 saturated carbocycles. The Bertz CT molecular complexity index is 655. The van der Waals surface area contributed by atoms with Crippen molar-refractivity contribution < 1.29 is 12.8 Å². The van der Waals surface area contributed by atoms with Crippen molar-refractivity contribution in [1.82, 2.24) is 0 Å². The Morgan fingerprint density at radius 3 is 1.69 bits per heavy atom. The standard InChI is InChI=1S/C21H36O3SSi/c1-16(2)21(24-26(17(3)4,18(5)6)19(7)8)14-15-25(22,23)20-12-10-9-11-13-20/h9-19,21H,1-8H3/b15-14+. The van der Waals surface area contributed by atoms with Crippen LogP contribution < -0.4 is 0 Å². The first-order chi connectivity index (χ1) is 11.9. The van der Waals surface area contributed by atoms with Crippen molar-refractivity contribution in [3.63, 3.8) is 0 Å². The Morgan fingerprint density at radius 2 is 1.31 bits per heavy atom. The summed E-state index contributed by atoms with van der Waals surface area (Å²) in [5.41, 5.74) is 1.38. The fraction of sp³-hybridized carbons (Fsp3) is 0.619. The summed E-state index contributed by atoms with van der Waals surface area (Å²) in [6.45, 7) is 17.6. The zero-order chi connectivity index (χ0) is 20.1. The third kappa shape index (κ3) is 5.30. The van der Waals surface area contributed by atoms with Crippen molar-refractivity contribution in [2.45, 2.75) is 83.0 Å². The van der Waals surface area contributed by atoms with Crippen LogP contribution in [0.5, 0.6) is 0 Å². The molecule has 26 heavy (non-hydrogen) atoms. The first-order valence-electron chi connectivity index (χ1n) is 9.61. The van der Waals surface area contributed by atoms with E-state index in [1.54, 1.807) is 30.3 Å². The topological polar surface area (TPSA) is 43.4 Å². The molecule has 0 fully saturated rings. The van der Waals surface area contributed by atoms with E-state index in [2.05, 4.69) is 55.4 Å². The molecule has 0 aliphatic carbocycles. The Balaban J connectivity index is 3.20. The van der Waals surface area contributed by atoms with E-state index in [9.17, 15) is 8.42 Å². The second kappa shape index (κ2) is 9.33. The van der Waals surface area contributed by atoms with Crippen molar-refractivity contribution in [3.8, 4) is 0 Å². The van der Waals surface area contributed by atoms with Gasteiger partial charge in [-0.1, -0.05) is 73.6 Å². The van der Waals surface area contributed by atoms with E-state index >= 15 is 0 Å². The highest BCUT2D eigenvalue weighted by molar-refractivity contribution is 7.94. The van der Waals surface area contributed by atoms with Gasteiger partial charge >= 0.3 is 0 Å². The molecule has 0 bridgehead atoms. The van der Waals surface area contributed by atoms with Crippen LogP contribution in [0.2, 0.25) is 16.6 Å². The largest absolute Gasteiger partial charge is 0.409 e. The number of benzene rings is 1. The molecule has 0 heterocycles. The molecule has 0 aliphatic heterocycles. The highest BCUT2D eigenvalue weighted by Gasteiger charge is 2.46. The summed E-state index contributed by atoms with van der Waals surface area (Å²) in [6, 6.07) is 8.55. The number of sulfone groups is 1. The van der Waals surface area contributed by atoms with Crippen molar-refractivity contribution in [3.05, 3.63) is 41.8 Å². The molecule has 3 nitrogen and oxygen atoms in total. The monoisotopic (exact) mass is 396 g/mol. The lowest BCUT2D eigenvalue weighted by Crippen LogP contribution is -2.50. The molecule has 0 radical (unpaired) electrons. The lowest BCUT2D eigenvalue weighted by Gasteiger charge is -2.45. The van der Waals surface area contributed by atoms with Crippen molar-refractivity contribution >= 4 is 18.2 Å². The van der Waals surface area contributed by atoms with Crippen LogP contribution in [0.4, 0.5) is 0 Å². The van der Waals surface area contributed by atoms with E-state index in [1.165, 1.54) is 5.41 Å². The molecule has 1 atom stereocenters. The molecular formula is C21H36O3SSi. The average molecular weight is 397 g/mol. The molecule has 1 aromatic carbocycles. The molecule has 0 aliphatic rings. The van der Waals surface area contributed by atoms with E-state index in [0.717, 1.165) is 0 Å². The van der Waals surface area contributed by atoms with E-state index in [4.69, 9.17) is 4.43 Å². The summed E-state index contributed by atoms with van der Waals surface area (Å²) in [6.07, 6.45) is 1.55. The molecular weight excluding hydrogens is 360 g/mol. The smallest absolute Gasteiger partial charge is 0.201 e. The summed E-state index contributed by atoms with van der Waals surface area (Å²) >= 11 is 0. The Morgan fingerprint density at radius 1 is 0.846 bits per heavy atom. The van der Waals surface area contributed by atoms with Crippen LogP contribution >= 0.6 is 0 Å². The zero-order valence-corrected chi connectivity index (χ0v) is 19.4. The fourth-order valence-electron chi connectivity index (χ4n) is 3.91. The predicted molar refractivity (Wildman–Crippen MR) is 114 cm³/mol. The molecule has 1 rings (SSSR count). The van der Waals surface area contributed by atoms with Crippen LogP contribution in [-0.2, 0) is 14.3 Å². The summed E-state index contributed by atoms with van der Waals surface area (Å²) in [7, 11) is -5.53. The molecule has 0 amide bonds. The SMILES string of the molecule is CC(C)C(/C=C/S(=O)(=O)c1ccccc1)O[Si](C(C)C)(C(C)C)C(C)C. The van der Waals surface area contributed by atoms with E-state index in [-0.39, 0.29) is 12.0 Å². The van der Waals surface area contributed by atoms with Gasteiger partial charge in [-0.15, -0.1) is 0 Å². The van der Waals surface area contributed by atoms with Gasteiger partial charge in [-0.25, -0.2) is 8.42 Å². The quantitative estimate of drug-likeness (QED) is 0.467. The Labute approximate surface area is 161 Å². The van der Waals surface area contributed by atoms with E-state index in [0.29, 0.717) is 21.5 Å². The van der Waals surface area contributed by atoms with Crippen LogP contribution in [0.15, 0.2) is 46.7 Å². The maximum absolute atomic E-state index is 12.6. The Kier molecular flexibility index (Phi) is 8.30. The van der Waals surface area contributed by atoms with Gasteiger partial charge in [0.25, 0.3) is 0 Å². The Hall–Kier alpha value is -0.913. The van der Waals surface area contributed by atoms with Gasteiger partial charge in [0, 0.05) is 5.41 Å². The van der Waals surface area contributed by atoms with Gasteiger partial charge in [0.05, 0.1) is 11.0 Å². The van der Waals surface area contributed by atoms with Gasteiger partial charge in [-0.2, -0.15) is 0 Å². The lowest BCUT2D eigenvalue weighted by molar-refractivity contribution is 0.171. The lowest BCUT2D eigenvalue weighted by atomic mass is 10.1. The van der Waals surface area contributed by atoms with Crippen LogP contribution in [0.1, 0.15) is 55.4 Å². The summed E-state index contributed by atoms with van der Waals surface area (Å²) in [4.78, 5) is 0.318. The molecule has 0 aromatic heterocycles. The normalized spacial score (nSPS) is 14.9. The van der Waals surface area contributed by atoms with Crippen molar-refractivity contribution in [2.24, 2.45) is 5.92 Å². The number of hydrogen-bond donors (Lipinski definition) is 0. The highest BCUT2D eigenvalue weighted by atomic mass is 32.2.